The third-order valence-corrected chi connectivity index (χ3v) is 7.83. The number of carbonyl (C=O) groups excluding carboxylic acids is 2. The molecule has 39 heavy (non-hydrogen) atoms. The first-order valence-corrected chi connectivity index (χ1v) is 13.6. The van der Waals surface area contributed by atoms with Crippen LogP contribution in [0.1, 0.15) is 60.6 Å². The van der Waals surface area contributed by atoms with Gasteiger partial charge in [-0.3, -0.25) is 9.59 Å². The molecule has 0 spiro atoms. The Labute approximate surface area is 227 Å². The van der Waals surface area contributed by atoms with Crippen LogP contribution in [0.3, 0.4) is 0 Å². The molecule has 0 radical (unpaired) electrons. The van der Waals surface area contributed by atoms with Crippen molar-refractivity contribution in [2.24, 2.45) is 11.8 Å². The van der Waals surface area contributed by atoms with Crippen molar-refractivity contribution in [2.45, 2.75) is 65.0 Å². The first-order valence-electron chi connectivity index (χ1n) is 13.6. The highest BCUT2D eigenvalue weighted by atomic mass is 19.1. The number of carbonyl (C=O) groups is 2. The number of benzene rings is 1. The molecule has 0 saturated heterocycles. The Morgan fingerprint density at radius 2 is 1.92 bits per heavy atom. The molecule has 0 unspecified atom stereocenters. The Kier molecular flexibility index (Phi) is 7.83. The fourth-order valence-corrected chi connectivity index (χ4v) is 5.47. The van der Waals surface area contributed by atoms with Crippen LogP contribution in [0.5, 0.6) is 5.75 Å². The number of ether oxygens (including phenoxy) is 2. The second-order valence-electron chi connectivity index (χ2n) is 11.0. The molecule has 10 heteroatoms. The molecule has 3 N–H and O–H groups in total. The van der Waals surface area contributed by atoms with E-state index in [0.29, 0.717) is 51.8 Å². The zero-order valence-electron chi connectivity index (χ0n) is 22.9. The van der Waals surface area contributed by atoms with Crippen molar-refractivity contribution >= 4 is 22.8 Å². The van der Waals surface area contributed by atoms with Crippen molar-refractivity contribution < 1.29 is 23.5 Å². The fourth-order valence-electron chi connectivity index (χ4n) is 5.47. The van der Waals surface area contributed by atoms with Crippen LogP contribution >= 0.6 is 0 Å². The largest absolute Gasteiger partial charge is 0.492 e. The quantitative estimate of drug-likeness (QED) is 0.376. The molecule has 0 bridgehead atoms. The minimum absolute atomic E-state index is 0.0370. The predicted molar refractivity (Wildman–Crippen MR) is 145 cm³/mol. The lowest BCUT2D eigenvalue weighted by Gasteiger charge is -2.35. The molecule has 2 aliphatic carbocycles. The number of aryl methyl sites for hydroxylation is 2. The number of rotatable bonds is 9. The van der Waals surface area contributed by atoms with Crippen LogP contribution in [0.4, 0.5) is 4.39 Å². The number of nitrogens with one attached hydrogen (secondary N) is 3. The van der Waals surface area contributed by atoms with Crippen molar-refractivity contribution in [2.75, 3.05) is 20.3 Å². The maximum atomic E-state index is 15.5. The number of aromatic amines is 1. The number of aromatic nitrogens is 3. The minimum Gasteiger partial charge on any atom is -0.492 e. The Bertz CT molecular complexity index is 1390. The van der Waals surface area contributed by atoms with Crippen LogP contribution in [-0.4, -0.2) is 59.2 Å². The summed E-state index contributed by atoms with van der Waals surface area (Å²) in [6.45, 7) is 6.17. The Balaban J connectivity index is 1.39. The summed E-state index contributed by atoms with van der Waals surface area (Å²) in [5, 5.41) is 6.18. The maximum absolute atomic E-state index is 15.5. The van der Waals surface area contributed by atoms with E-state index in [9.17, 15) is 9.59 Å². The molecule has 0 aliphatic heterocycles. The average Bonchev–Trinajstić information content (AvgIpc) is 3.66. The first kappa shape index (κ1) is 27.1. The van der Waals surface area contributed by atoms with Crippen molar-refractivity contribution in [1.29, 1.82) is 0 Å². The summed E-state index contributed by atoms with van der Waals surface area (Å²) in [6, 6.07) is 3.50. The van der Waals surface area contributed by atoms with Crippen molar-refractivity contribution in [3.8, 4) is 17.0 Å². The van der Waals surface area contributed by atoms with Crippen LogP contribution in [0, 0.1) is 31.5 Å². The summed E-state index contributed by atoms with van der Waals surface area (Å²) in [6.07, 6.45) is 5.88. The van der Waals surface area contributed by atoms with E-state index in [2.05, 4.69) is 32.5 Å². The smallest absolute Gasteiger partial charge is 0.255 e. The number of halogens is 1. The molecular weight excluding hydrogens is 501 g/mol. The van der Waals surface area contributed by atoms with Gasteiger partial charge in [-0.1, -0.05) is 13.0 Å². The predicted octanol–water partition coefficient (Wildman–Crippen LogP) is 4.22. The highest BCUT2D eigenvalue weighted by Gasteiger charge is 2.32. The van der Waals surface area contributed by atoms with Crippen molar-refractivity contribution in [3.05, 3.63) is 41.1 Å². The molecule has 2 amide bonds. The summed E-state index contributed by atoms with van der Waals surface area (Å²) in [5.41, 5.74) is 3.12. The highest BCUT2D eigenvalue weighted by Crippen LogP contribution is 2.39. The molecular formula is C29H36FN5O4. The summed E-state index contributed by atoms with van der Waals surface area (Å²) in [5.74, 6) is 0.343. The second kappa shape index (κ2) is 11.3. The van der Waals surface area contributed by atoms with Crippen LogP contribution < -0.4 is 15.4 Å². The Morgan fingerprint density at radius 1 is 1.13 bits per heavy atom. The summed E-state index contributed by atoms with van der Waals surface area (Å²) in [4.78, 5) is 37.5. The number of hydrogen-bond donors (Lipinski definition) is 3. The zero-order valence-corrected chi connectivity index (χ0v) is 22.9. The summed E-state index contributed by atoms with van der Waals surface area (Å²) in [7, 11) is 1.49. The number of nitrogens with zero attached hydrogens (tertiary/aromatic N) is 2. The maximum Gasteiger partial charge on any atom is 0.255 e. The number of H-pyrrole nitrogens is 1. The molecule has 2 fully saturated rings. The van der Waals surface area contributed by atoms with Crippen molar-refractivity contribution in [1.82, 2.24) is 25.6 Å². The van der Waals surface area contributed by atoms with E-state index < -0.39 is 5.82 Å². The summed E-state index contributed by atoms with van der Waals surface area (Å²) < 4.78 is 26.4. The van der Waals surface area contributed by atoms with Gasteiger partial charge in [0.15, 0.2) is 0 Å². The minimum atomic E-state index is -0.398. The van der Waals surface area contributed by atoms with Gasteiger partial charge in [0, 0.05) is 24.9 Å². The molecule has 2 aliphatic rings. The van der Waals surface area contributed by atoms with Gasteiger partial charge < -0.3 is 25.1 Å². The standard InChI is InChI=1S/C29H36FN5O4/c1-15-5-10-21(39-12-18-6-7-18)24(25(15)30)27-28-26(31-14-32-27)23(17(3)33-28)29(37)35-20-9-8-19(11-16(20)2)34-22(36)13-38-4/h5,10,14,16,18-20,33H,6-9,11-13H2,1-4H3,(H,34,36)(H,35,37)/t16-,19+,20-/m1/s1. The van der Waals surface area contributed by atoms with Gasteiger partial charge in [0.2, 0.25) is 5.91 Å². The monoisotopic (exact) mass is 537 g/mol. The van der Waals surface area contributed by atoms with E-state index >= 15 is 4.39 Å². The molecule has 3 aromatic rings. The number of fused-ring (bicyclic) bond motifs is 1. The van der Waals surface area contributed by atoms with Crippen LogP contribution in [0.2, 0.25) is 0 Å². The molecule has 3 atom stereocenters. The van der Waals surface area contributed by atoms with Gasteiger partial charge in [-0.05, 0) is 69.4 Å². The SMILES string of the molecule is COCC(=O)N[C@H]1CC[C@@H](NC(=O)c2c(C)[nH]c3c(-c4c(OCC5CC5)ccc(C)c4F)ncnc23)[C@H](C)C1. The summed E-state index contributed by atoms with van der Waals surface area (Å²) >= 11 is 0. The third kappa shape index (κ3) is 5.75. The lowest BCUT2D eigenvalue weighted by atomic mass is 9.82. The third-order valence-electron chi connectivity index (χ3n) is 7.83. The van der Waals surface area contributed by atoms with E-state index in [-0.39, 0.29) is 42.0 Å². The van der Waals surface area contributed by atoms with Crippen LogP contribution in [0.25, 0.3) is 22.3 Å². The molecule has 2 aromatic heterocycles. The average molecular weight is 538 g/mol. The van der Waals surface area contributed by atoms with E-state index in [1.807, 2.05) is 6.92 Å². The molecule has 5 rings (SSSR count). The molecule has 2 saturated carbocycles. The molecule has 2 heterocycles. The number of hydrogen-bond acceptors (Lipinski definition) is 6. The first-order chi connectivity index (χ1) is 18.8. The Hall–Kier alpha value is -3.53. The van der Waals surface area contributed by atoms with Gasteiger partial charge in [-0.15, -0.1) is 0 Å². The van der Waals surface area contributed by atoms with E-state index in [0.717, 1.165) is 32.1 Å². The van der Waals surface area contributed by atoms with E-state index in [4.69, 9.17) is 9.47 Å². The van der Waals surface area contributed by atoms with Gasteiger partial charge in [-0.25, -0.2) is 14.4 Å². The van der Waals surface area contributed by atoms with Gasteiger partial charge in [0.25, 0.3) is 5.91 Å². The number of methoxy groups -OCH3 is 1. The number of amides is 2. The van der Waals surface area contributed by atoms with Crippen molar-refractivity contribution in [3.63, 3.8) is 0 Å². The van der Waals surface area contributed by atoms with Crippen LogP contribution in [-0.2, 0) is 9.53 Å². The van der Waals surface area contributed by atoms with E-state index in [1.54, 1.807) is 19.1 Å². The molecule has 9 nitrogen and oxygen atoms in total. The fraction of sp³-hybridized carbons (Fsp3) is 0.517. The highest BCUT2D eigenvalue weighted by molar-refractivity contribution is 6.09. The van der Waals surface area contributed by atoms with Gasteiger partial charge in [-0.2, -0.15) is 0 Å². The zero-order chi connectivity index (χ0) is 27.7. The Morgan fingerprint density at radius 3 is 2.64 bits per heavy atom. The van der Waals surface area contributed by atoms with Gasteiger partial charge >= 0.3 is 0 Å². The van der Waals surface area contributed by atoms with Crippen LogP contribution in [0.15, 0.2) is 18.5 Å². The topological polar surface area (TPSA) is 118 Å². The molecule has 1 aromatic carbocycles. The van der Waals surface area contributed by atoms with E-state index in [1.165, 1.54) is 13.4 Å². The van der Waals surface area contributed by atoms with Gasteiger partial charge in [0.1, 0.15) is 35.7 Å². The molecule has 208 valence electrons. The van der Waals surface area contributed by atoms with Gasteiger partial charge in [0.05, 0.1) is 23.3 Å². The lowest BCUT2D eigenvalue weighted by molar-refractivity contribution is -0.125. The lowest BCUT2D eigenvalue weighted by Crippen LogP contribution is -2.48. The second-order valence-corrected chi connectivity index (χ2v) is 11.0. The normalized spacial score (nSPS) is 21.1.